The van der Waals surface area contributed by atoms with Crippen molar-refractivity contribution < 1.29 is 4.79 Å². The zero-order valence-corrected chi connectivity index (χ0v) is 21.9. The van der Waals surface area contributed by atoms with Crippen LogP contribution >= 0.6 is 0 Å². The molecule has 0 aromatic heterocycles. The molecule has 184 valence electrons. The molecular weight excluding hydrogens is 448 g/mol. The number of hydrogen-bond acceptors (Lipinski definition) is 1. The fraction of sp³-hybridized carbons (Fsp3) is 0.139. The van der Waals surface area contributed by atoms with Crippen molar-refractivity contribution in [3.63, 3.8) is 0 Å². The highest BCUT2D eigenvalue weighted by Crippen LogP contribution is 2.38. The van der Waals surface area contributed by atoms with E-state index in [2.05, 4.69) is 118 Å². The summed E-state index contributed by atoms with van der Waals surface area (Å²) in [5, 5.41) is 0. The second-order valence-electron chi connectivity index (χ2n) is 9.44. The molecule has 1 aliphatic carbocycles. The third-order valence-electron chi connectivity index (χ3n) is 7.08. The number of rotatable bonds is 3. The van der Waals surface area contributed by atoms with E-state index in [1.807, 2.05) is 18.2 Å². The smallest absolute Gasteiger partial charge is 0.150 e. The minimum Gasteiger partial charge on any atom is -0.298 e. The number of hydrogen-bond donors (Lipinski definition) is 0. The lowest BCUT2D eigenvalue weighted by Crippen LogP contribution is -1.94. The molecule has 0 radical (unpaired) electrons. The lowest BCUT2D eigenvalue weighted by atomic mass is 9.93. The molecule has 1 nitrogen and oxygen atoms in total. The molecule has 0 aliphatic heterocycles. The SMILES string of the molecule is CC(c1ccccc1)c1ccccc1.Cc1ccc2c(c1C)Cc1ccccc1-2.O=Cc1ccccc1. The molecule has 0 fully saturated rings. The molecule has 0 bridgehead atoms. The first-order chi connectivity index (χ1) is 18.1. The predicted molar refractivity (Wildman–Crippen MR) is 156 cm³/mol. The average molecular weight is 483 g/mol. The Labute approximate surface area is 221 Å². The van der Waals surface area contributed by atoms with E-state index in [9.17, 15) is 4.79 Å². The lowest BCUT2D eigenvalue weighted by molar-refractivity contribution is 0.112. The van der Waals surface area contributed by atoms with E-state index in [-0.39, 0.29) is 0 Å². The highest BCUT2D eigenvalue weighted by molar-refractivity contribution is 5.78. The van der Waals surface area contributed by atoms with Crippen molar-refractivity contribution in [2.75, 3.05) is 0 Å². The Balaban J connectivity index is 0.000000136. The molecule has 0 amide bonds. The van der Waals surface area contributed by atoms with Crippen LogP contribution < -0.4 is 0 Å². The Morgan fingerprint density at radius 2 is 1.11 bits per heavy atom. The fourth-order valence-electron chi connectivity index (χ4n) is 4.69. The summed E-state index contributed by atoms with van der Waals surface area (Å²) in [5.74, 6) is 0.484. The van der Waals surface area contributed by atoms with Gasteiger partial charge in [-0.1, -0.05) is 134 Å². The number of fused-ring (bicyclic) bond motifs is 3. The number of aryl methyl sites for hydroxylation is 1. The van der Waals surface area contributed by atoms with Crippen LogP contribution in [0.5, 0.6) is 0 Å². The molecule has 5 aromatic carbocycles. The Bertz CT molecular complexity index is 1380. The maximum absolute atomic E-state index is 10.0. The third-order valence-corrected chi connectivity index (χ3v) is 7.08. The van der Waals surface area contributed by atoms with Crippen LogP contribution in [0.2, 0.25) is 0 Å². The second-order valence-corrected chi connectivity index (χ2v) is 9.44. The molecule has 0 saturated heterocycles. The van der Waals surface area contributed by atoms with Gasteiger partial charge in [-0.25, -0.2) is 0 Å². The maximum Gasteiger partial charge on any atom is 0.150 e. The van der Waals surface area contributed by atoms with Crippen molar-refractivity contribution in [3.05, 3.63) is 166 Å². The summed E-state index contributed by atoms with van der Waals surface area (Å²) in [7, 11) is 0. The van der Waals surface area contributed by atoms with Gasteiger partial charge in [0.1, 0.15) is 6.29 Å². The maximum atomic E-state index is 10.0. The van der Waals surface area contributed by atoms with Crippen molar-refractivity contribution in [1.29, 1.82) is 0 Å². The lowest BCUT2D eigenvalue weighted by Gasteiger charge is -2.11. The molecule has 0 saturated carbocycles. The molecule has 0 heterocycles. The summed E-state index contributed by atoms with van der Waals surface area (Å²) in [6, 6.07) is 43.5. The van der Waals surface area contributed by atoms with Crippen molar-refractivity contribution in [2.45, 2.75) is 33.1 Å². The second kappa shape index (κ2) is 12.6. The van der Waals surface area contributed by atoms with Crippen LogP contribution in [0.15, 0.2) is 127 Å². The van der Waals surface area contributed by atoms with Crippen molar-refractivity contribution in [1.82, 2.24) is 0 Å². The van der Waals surface area contributed by atoms with Crippen molar-refractivity contribution in [3.8, 4) is 11.1 Å². The van der Waals surface area contributed by atoms with Crippen molar-refractivity contribution in [2.24, 2.45) is 0 Å². The van der Waals surface area contributed by atoms with Gasteiger partial charge in [0.25, 0.3) is 0 Å². The quantitative estimate of drug-likeness (QED) is 0.230. The molecule has 0 spiro atoms. The van der Waals surface area contributed by atoms with Crippen LogP contribution in [0.25, 0.3) is 11.1 Å². The zero-order chi connectivity index (χ0) is 26.0. The minimum atomic E-state index is 0.484. The number of carbonyl (C=O) groups is 1. The van der Waals surface area contributed by atoms with Gasteiger partial charge in [-0.2, -0.15) is 0 Å². The molecule has 0 N–H and O–H groups in total. The Morgan fingerprint density at radius 3 is 1.65 bits per heavy atom. The summed E-state index contributed by atoms with van der Waals surface area (Å²) < 4.78 is 0. The van der Waals surface area contributed by atoms with Gasteiger partial charge in [-0.15, -0.1) is 0 Å². The van der Waals surface area contributed by atoms with Crippen LogP contribution in [0.4, 0.5) is 0 Å². The van der Waals surface area contributed by atoms with Crippen LogP contribution in [0.3, 0.4) is 0 Å². The summed E-state index contributed by atoms with van der Waals surface area (Å²) >= 11 is 0. The van der Waals surface area contributed by atoms with E-state index >= 15 is 0 Å². The van der Waals surface area contributed by atoms with Gasteiger partial charge in [0, 0.05) is 11.5 Å². The standard InChI is InChI=1S/C15H14.C14H14.C7H6O/c1-10-7-8-14-13-6-4-3-5-12(13)9-15(14)11(10)2;1-12(13-8-4-2-5-9-13)14-10-6-3-7-11-14;8-6-7-4-2-1-3-5-7/h3-8H,9H2,1-2H3;2-12H,1H3;1-6H. The van der Waals surface area contributed by atoms with Crippen molar-refractivity contribution >= 4 is 6.29 Å². The number of aldehydes is 1. The topological polar surface area (TPSA) is 17.1 Å². The van der Waals surface area contributed by atoms with E-state index in [1.54, 1.807) is 12.1 Å². The van der Waals surface area contributed by atoms with Gasteiger partial charge in [-0.3, -0.25) is 4.79 Å². The monoisotopic (exact) mass is 482 g/mol. The van der Waals surface area contributed by atoms with Crippen LogP contribution in [0, 0.1) is 13.8 Å². The van der Waals surface area contributed by atoms with Gasteiger partial charge in [-0.05, 0) is 64.8 Å². The summed E-state index contributed by atoms with van der Waals surface area (Å²) in [5.41, 5.74) is 12.2. The van der Waals surface area contributed by atoms with E-state index in [0.29, 0.717) is 5.92 Å². The first-order valence-corrected chi connectivity index (χ1v) is 12.9. The van der Waals surface area contributed by atoms with Gasteiger partial charge < -0.3 is 0 Å². The fourth-order valence-corrected chi connectivity index (χ4v) is 4.69. The largest absolute Gasteiger partial charge is 0.298 e. The Kier molecular flexibility index (Phi) is 8.84. The van der Waals surface area contributed by atoms with Gasteiger partial charge in [0.05, 0.1) is 0 Å². The van der Waals surface area contributed by atoms with E-state index < -0.39 is 0 Å². The average Bonchev–Trinajstić information content (AvgIpc) is 3.36. The first-order valence-electron chi connectivity index (χ1n) is 12.9. The normalized spacial score (nSPS) is 10.8. The number of carbonyl (C=O) groups excluding carboxylic acids is 1. The minimum absolute atomic E-state index is 0.484. The molecule has 1 aliphatic rings. The predicted octanol–water partition coefficient (Wildman–Crippen LogP) is 9.21. The number of benzene rings is 5. The molecule has 0 atom stereocenters. The summed E-state index contributed by atoms with van der Waals surface area (Å²) in [6.45, 7) is 6.67. The highest BCUT2D eigenvalue weighted by atomic mass is 16.1. The van der Waals surface area contributed by atoms with Crippen LogP contribution in [0.1, 0.15) is 56.6 Å². The molecule has 37 heavy (non-hydrogen) atoms. The van der Waals surface area contributed by atoms with Crippen LogP contribution in [-0.4, -0.2) is 6.29 Å². The molecule has 1 heteroatoms. The van der Waals surface area contributed by atoms with Crippen LogP contribution in [-0.2, 0) is 6.42 Å². The van der Waals surface area contributed by atoms with Gasteiger partial charge in [0.15, 0.2) is 0 Å². The van der Waals surface area contributed by atoms with E-state index in [4.69, 9.17) is 0 Å². The van der Waals surface area contributed by atoms with E-state index in [0.717, 1.165) is 18.3 Å². The summed E-state index contributed by atoms with van der Waals surface area (Å²) in [4.78, 5) is 10.0. The Morgan fingerprint density at radius 1 is 0.595 bits per heavy atom. The molecule has 5 aromatic rings. The van der Waals surface area contributed by atoms with Gasteiger partial charge in [0.2, 0.25) is 0 Å². The Hall–Kier alpha value is -4.23. The molecule has 6 rings (SSSR count). The summed E-state index contributed by atoms with van der Waals surface area (Å²) in [6.07, 6.45) is 1.94. The molecule has 0 unspecified atom stereocenters. The molecular formula is C36H34O. The van der Waals surface area contributed by atoms with E-state index in [1.165, 1.54) is 44.5 Å². The highest BCUT2D eigenvalue weighted by Gasteiger charge is 2.19. The first kappa shape index (κ1) is 25.9. The zero-order valence-electron chi connectivity index (χ0n) is 21.9. The van der Waals surface area contributed by atoms with Gasteiger partial charge >= 0.3 is 0 Å². The third kappa shape index (κ3) is 6.51.